The summed E-state index contributed by atoms with van der Waals surface area (Å²) in [7, 11) is 4.18. The van der Waals surface area contributed by atoms with E-state index in [2.05, 4.69) is 19.0 Å². The maximum atomic E-state index is 12.9. The Morgan fingerprint density at radius 3 is 2.21 bits per heavy atom. The molecule has 1 saturated carbocycles. The van der Waals surface area contributed by atoms with Gasteiger partial charge in [0.1, 0.15) is 0 Å². The molecule has 2 fully saturated rings. The zero-order chi connectivity index (χ0) is 13.7. The molecule has 0 radical (unpaired) electrons. The fourth-order valence-corrected chi connectivity index (χ4v) is 3.69. The van der Waals surface area contributed by atoms with Crippen LogP contribution in [0, 0.1) is 5.92 Å². The van der Waals surface area contributed by atoms with Crippen molar-refractivity contribution >= 4 is 5.78 Å². The van der Waals surface area contributed by atoms with E-state index in [4.69, 9.17) is 4.74 Å². The van der Waals surface area contributed by atoms with E-state index in [0.29, 0.717) is 11.7 Å². The number of hydrogen-bond donors (Lipinski definition) is 0. The summed E-state index contributed by atoms with van der Waals surface area (Å²) in [4.78, 5) is 15.1. The normalized spacial score (nSPS) is 25.2. The number of carbonyl (C=O) groups is 1. The van der Waals surface area contributed by atoms with Crippen molar-refractivity contribution in [3.63, 3.8) is 0 Å². The molecule has 2 aliphatic rings. The molecule has 0 bridgehead atoms. The van der Waals surface area contributed by atoms with Crippen LogP contribution >= 0.6 is 0 Å². The number of ketones is 1. The lowest BCUT2D eigenvalue weighted by atomic mass is 9.79. The average molecular weight is 267 g/mol. The Labute approximate surface area is 117 Å². The van der Waals surface area contributed by atoms with Crippen LogP contribution in [0.3, 0.4) is 0 Å². The third-order valence-corrected chi connectivity index (χ3v) is 5.12. The van der Waals surface area contributed by atoms with Gasteiger partial charge in [-0.2, -0.15) is 0 Å². The predicted octanol–water partition coefficient (Wildman–Crippen LogP) is 3.03. The minimum absolute atomic E-state index is 0.172. The molecule has 0 amide bonds. The van der Waals surface area contributed by atoms with Gasteiger partial charge in [-0.1, -0.05) is 25.7 Å². The molecule has 3 heteroatoms. The van der Waals surface area contributed by atoms with Gasteiger partial charge >= 0.3 is 0 Å². The van der Waals surface area contributed by atoms with Gasteiger partial charge in [0.15, 0.2) is 5.78 Å². The predicted molar refractivity (Wildman–Crippen MR) is 77.3 cm³/mol. The third-order valence-electron chi connectivity index (χ3n) is 5.12. The van der Waals surface area contributed by atoms with Gasteiger partial charge in [0.25, 0.3) is 0 Å². The summed E-state index contributed by atoms with van der Waals surface area (Å²) in [5.74, 6) is 1.05. The molecular formula is C16H29NO2. The molecule has 0 aromatic carbocycles. The second-order valence-corrected chi connectivity index (χ2v) is 6.52. The SMILES string of the molecule is CN(C)C1(C(=O)CC2CCOCC2)CCCCCC1. The molecule has 0 aromatic rings. The molecular weight excluding hydrogens is 238 g/mol. The van der Waals surface area contributed by atoms with Gasteiger partial charge in [-0.15, -0.1) is 0 Å². The topological polar surface area (TPSA) is 29.5 Å². The molecule has 1 aliphatic carbocycles. The molecule has 0 atom stereocenters. The van der Waals surface area contributed by atoms with Gasteiger partial charge in [0.2, 0.25) is 0 Å². The first-order valence-corrected chi connectivity index (χ1v) is 7.93. The van der Waals surface area contributed by atoms with Crippen molar-refractivity contribution in [3.8, 4) is 0 Å². The number of hydrogen-bond acceptors (Lipinski definition) is 3. The van der Waals surface area contributed by atoms with Crippen molar-refractivity contribution in [3.05, 3.63) is 0 Å². The fourth-order valence-electron chi connectivity index (χ4n) is 3.69. The van der Waals surface area contributed by atoms with Gasteiger partial charge in [0, 0.05) is 19.6 Å². The molecule has 19 heavy (non-hydrogen) atoms. The Bertz CT molecular complexity index is 287. The highest BCUT2D eigenvalue weighted by Gasteiger charge is 2.40. The second kappa shape index (κ2) is 6.85. The van der Waals surface area contributed by atoms with E-state index in [9.17, 15) is 4.79 Å². The largest absolute Gasteiger partial charge is 0.381 e. The van der Waals surface area contributed by atoms with Crippen molar-refractivity contribution in [2.75, 3.05) is 27.3 Å². The van der Waals surface area contributed by atoms with Crippen LogP contribution in [0.2, 0.25) is 0 Å². The fraction of sp³-hybridized carbons (Fsp3) is 0.938. The highest BCUT2D eigenvalue weighted by Crippen LogP contribution is 2.34. The first-order chi connectivity index (χ1) is 9.15. The van der Waals surface area contributed by atoms with Crippen LogP contribution in [0.25, 0.3) is 0 Å². The van der Waals surface area contributed by atoms with Crippen LogP contribution in [0.15, 0.2) is 0 Å². The van der Waals surface area contributed by atoms with E-state index in [1.807, 2.05) is 0 Å². The Balaban J connectivity index is 2.02. The lowest BCUT2D eigenvalue weighted by molar-refractivity contribution is -0.132. The maximum absolute atomic E-state index is 12.9. The van der Waals surface area contributed by atoms with Crippen molar-refractivity contribution in [1.82, 2.24) is 4.90 Å². The first kappa shape index (κ1) is 15.0. The van der Waals surface area contributed by atoms with Gasteiger partial charge in [-0.25, -0.2) is 0 Å². The number of Topliss-reactive ketones (excluding diaryl/α,β-unsaturated/α-hetero) is 1. The minimum atomic E-state index is -0.172. The van der Waals surface area contributed by atoms with Gasteiger partial charge < -0.3 is 4.74 Å². The van der Waals surface area contributed by atoms with Crippen LogP contribution in [0.1, 0.15) is 57.8 Å². The number of rotatable bonds is 4. The van der Waals surface area contributed by atoms with Crippen molar-refractivity contribution < 1.29 is 9.53 Å². The molecule has 110 valence electrons. The first-order valence-electron chi connectivity index (χ1n) is 7.93. The van der Waals surface area contributed by atoms with Crippen molar-refractivity contribution in [2.45, 2.75) is 63.3 Å². The molecule has 0 aromatic heterocycles. The van der Waals surface area contributed by atoms with E-state index < -0.39 is 0 Å². The molecule has 1 aliphatic heterocycles. The number of carbonyl (C=O) groups excluding carboxylic acids is 1. The summed E-state index contributed by atoms with van der Waals surface area (Å²) in [6, 6.07) is 0. The average Bonchev–Trinajstić information content (AvgIpc) is 2.66. The monoisotopic (exact) mass is 267 g/mol. The second-order valence-electron chi connectivity index (χ2n) is 6.52. The number of ether oxygens (including phenoxy) is 1. The van der Waals surface area contributed by atoms with Crippen LogP contribution in [-0.2, 0) is 9.53 Å². The van der Waals surface area contributed by atoms with Gasteiger partial charge in [-0.3, -0.25) is 9.69 Å². The minimum Gasteiger partial charge on any atom is -0.381 e. The zero-order valence-corrected chi connectivity index (χ0v) is 12.6. The van der Waals surface area contributed by atoms with Crippen molar-refractivity contribution in [1.29, 1.82) is 0 Å². The standard InChI is InChI=1S/C16H29NO2/c1-17(2)16(9-5-3-4-6-10-16)15(18)13-14-7-11-19-12-8-14/h14H,3-13H2,1-2H3. The lowest BCUT2D eigenvalue weighted by Crippen LogP contribution is -2.51. The number of likely N-dealkylation sites (N-methyl/N-ethyl adjacent to an activating group) is 1. The van der Waals surface area contributed by atoms with Gasteiger partial charge in [-0.05, 0) is 45.7 Å². The summed E-state index contributed by atoms with van der Waals surface area (Å²) in [6.07, 6.45) is 10.0. The summed E-state index contributed by atoms with van der Waals surface area (Å²) >= 11 is 0. The van der Waals surface area contributed by atoms with E-state index >= 15 is 0 Å². The smallest absolute Gasteiger partial charge is 0.153 e. The summed E-state index contributed by atoms with van der Waals surface area (Å²) in [5, 5.41) is 0. The quantitative estimate of drug-likeness (QED) is 0.733. The van der Waals surface area contributed by atoms with Gasteiger partial charge in [0.05, 0.1) is 5.54 Å². The Morgan fingerprint density at radius 1 is 1.11 bits per heavy atom. The van der Waals surface area contributed by atoms with Crippen LogP contribution in [0.4, 0.5) is 0 Å². The molecule has 2 rings (SSSR count). The summed E-state index contributed by atoms with van der Waals surface area (Å²) in [5.41, 5.74) is -0.172. The molecule has 1 heterocycles. The van der Waals surface area contributed by atoms with Crippen LogP contribution in [-0.4, -0.2) is 43.5 Å². The molecule has 1 saturated heterocycles. The maximum Gasteiger partial charge on any atom is 0.153 e. The molecule has 0 unspecified atom stereocenters. The Kier molecular flexibility index (Phi) is 5.40. The Hall–Kier alpha value is -0.410. The number of nitrogens with zero attached hydrogens (tertiary/aromatic N) is 1. The van der Waals surface area contributed by atoms with Crippen LogP contribution < -0.4 is 0 Å². The summed E-state index contributed by atoms with van der Waals surface area (Å²) < 4.78 is 5.40. The Morgan fingerprint density at radius 2 is 1.68 bits per heavy atom. The summed E-state index contributed by atoms with van der Waals surface area (Å²) in [6.45, 7) is 1.68. The van der Waals surface area contributed by atoms with E-state index in [-0.39, 0.29) is 5.54 Å². The highest BCUT2D eigenvalue weighted by molar-refractivity contribution is 5.88. The van der Waals surface area contributed by atoms with E-state index in [1.54, 1.807) is 0 Å². The molecule has 0 N–H and O–H groups in total. The zero-order valence-electron chi connectivity index (χ0n) is 12.6. The van der Waals surface area contributed by atoms with E-state index in [0.717, 1.165) is 45.3 Å². The molecule has 3 nitrogen and oxygen atoms in total. The lowest BCUT2D eigenvalue weighted by Gasteiger charge is -2.39. The van der Waals surface area contributed by atoms with Crippen molar-refractivity contribution in [2.24, 2.45) is 5.92 Å². The third kappa shape index (κ3) is 3.57. The van der Waals surface area contributed by atoms with E-state index in [1.165, 1.54) is 25.7 Å². The molecule has 0 spiro atoms. The van der Waals surface area contributed by atoms with Crippen LogP contribution in [0.5, 0.6) is 0 Å². The highest BCUT2D eigenvalue weighted by atomic mass is 16.5.